The van der Waals surface area contributed by atoms with Crippen LogP contribution in [0.5, 0.6) is 0 Å². The lowest BCUT2D eigenvalue weighted by Gasteiger charge is -1.97. The summed E-state index contributed by atoms with van der Waals surface area (Å²) in [5.41, 5.74) is 18.0. The van der Waals surface area contributed by atoms with E-state index in [9.17, 15) is 0 Å². The number of benzene rings is 1. The van der Waals surface area contributed by atoms with Gasteiger partial charge in [0, 0.05) is 23.7 Å². The van der Waals surface area contributed by atoms with E-state index in [0.29, 0.717) is 17.1 Å². The lowest BCUT2D eigenvalue weighted by atomic mass is 10.2. The maximum Gasteiger partial charge on any atom is 0.0402 e. The van der Waals surface area contributed by atoms with Crippen LogP contribution in [0.3, 0.4) is 0 Å². The monoisotopic (exact) mass is 277 g/mol. The highest BCUT2D eigenvalue weighted by atomic mass is 35.5. The first kappa shape index (κ1) is 23.9. The Labute approximate surface area is 108 Å². The molecule has 0 aromatic heterocycles. The van der Waals surface area contributed by atoms with Crippen molar-refractivity contribution in [3.8, 4) is 0 Å². The van der Waals surface area contributed by atoms with Crippen LogP contribution in [0.2, 0.25) is 0 Å². The van der Waals surface area contributed by atoms with Gasteiger partial charge in [-0.15, -0.1) is 37.2 Å². The van der Waals surface area contributed by atoms with Crippen molar-refractivity contribution in [2.45, 2.75) is 6.92 Å². The molecule has 0 aliphatic heterocycles. The van der Waals surface area contributed by atoms with Gasteiger partial charge in [-0.1, -0.05) is 0 Å². The van der Waals surface area contributed by atoms with Crippen molar-refractivity contribution in [2.75, 3.05) is 23.8 Å². The van der Waals surface area contributed by atoms with E-state index >= 15 is 0 Å². The lowest BCUT2D eigenvalue weighted by Crippen LogP contribution is -1.93. The van der Waals surface area contributed by atoms with Crippen molar-refractivity contribution in [3.63, 3.8) is 0 Å². The number of rotatable bonds is 0. The van der Waals surface area contributed by atoms with E-state index in [1.807, 2.05) is 0 Å². The average Bonchev–Trinajstić information content (AvgIpc) is 1.84. The van der Waals surface area contributed by atoms with Gasteiger partial charge in [-0.05, 0) is 25.1 Å². The van der Waals surface area contributed by atoms with Crippen LogP contribution >= 0.6 is 37.2 Å². The molecule has 0 amide bonds. The summed E-state index contributed by atoms with van der Waals surface area (Å²) in [5.74, 6) is 0. The molecule has 0 fully saturated rings. The Morgan fingerprint density at radius 3 is 1.13 bits per heavy atom. The predicted molar refractivity (Wildman–Crippen MR) is 74.2 cm³/mol. The number of nitrogens with two attached hydrogens (primary N) is 3. The van der Waals surface area contributed by atoms with Crippen LogP contribution in [-0.2, 0) is 0 Å². The molecule has 7 N–H and O–H groups in total. The number of aliphatic hydroxyl groups is 1. The molecule has 92 valence electrons. The van der Waals surface area contributed by atoms with Gasteiger partial charge in [-0.2, -0.15) is 0 Å². The summed E-state index contributed by atoms with van der Waals surface area (Å²) in [6, 6.07) is 4.99. The minimum Gasteiger partial charge on any atom is -0.399 e. The molecule has 0 spiro atoms. The predicted octanol–water partition coefficient (Wildman–Crippen LogP) is 1.70. The Balaban J connectivity index is -0.0000000917. The molecule has 1 aromatic rings. The third kappa shape index (κ3) is 13.4. The second-order valence-corrected chi connectivity index (χ2v) is 2.25. The van der Waals surface area contributed by atoms with E-state index in [1.54, 1.807) is 25.1 Å². The number of hydrogen-bond acceptors (Lipinski definition) is 4. The van der Waals surface area contributed by atoms with E-state index in [0.717, 1.165) is 0 Å². The smallest absolute Gasteiger partial charge is 0.0402 e. The molecular weight excluding hydrogens is 260 g/mol. The summed E-state index contributed by atoms with van der Waals surface area (Å²) in [4.78, 5) is 0. The first-order chi connectivity index (χ1) is 5.60. The van der Waals surface area contributed by atoms with Crippen LogP contribution in [0.25, 0.3) is 0 Å². The van der Waals surface area contributed by atoms with Gasteiger partial charge in [0.05, 0.1) is 0 Å². The first-order valence-corrected chi connectivity index (χ1v) is 3.62. The normalized spacial score (nSPS) is 6.80. The van der Waals surface area contributed by atoms with E-state index in [1.165, 1.54) is 0 Å². The highest BCUT2D eigenvalue weighted by Crippen LogP contribution is 2.14. The van der Waals surface area contributed by atoms with Gasteiger partial charge in [-0.25, -0.2) is 0 Å². The molecule has 0 bridgehead atoms. The second-order valence-electron chi connectivity index (χ2n) is 2.25. The zero-order valence-electron chi connectivity index (χ0n) is 8.34. The highest BCUT2D eigenvalue weighted by molar-refractivity contribution is 5.86. The van der Waals surface area contributed by atoms with Crippen LogP contribution in [0.15, 0.2) is 18.2 Å². The van der Waals surface area contributed by atoms with Crippen LogP contribution in [0.4, 0.5) is 17.1 Å². The lowest BCUT2D eigenvalue weighted by molar-refractivity contribution is 0.318. The fourth-order valence-electron chi connectivity index (χ4n) is 0.702. The zero-order valence-corrected chi connectivity index (χ0v) is 10.8. The minimum atomic E-state index is 0. The Bertz CT molecular complexity index is 198. The number of anilines is 3. The number of halogens is 3. The fourth-order valence-corrected chi connectivity index (χ4v) is 0.702. The summed E-state index contributed by atoms with van der Waals surface area (Å²) >= 11 is 0. The first-order valence-electron chi connectivity index (χ1n) is 3.62. The Morgan fingerprint density at radius 2 is 1.00 bits per heavy atom. The van der Waals surface area contributed by atoms with Gasteiger partial charge < -0.3 is 22.3 Å². The van der Waals surface area contributed by atoms with Crippen molar-refractivity contribution in [2.24, 2.45) is 0 Å². The van der Waals surface area contributed by atoms with Gasteiger partial charge in [-0.3, -0.25) is 0 Å². The molecule has 0 unspecified atom stereocenters. The molecule has 0 saturated heterocycles. The molecular formula is C8H18Cl3N3O. The van der Waals surface area contributed by atoms with E-state index < -0.39 is 0 Å². The fraction of sp³-hybridized carbons (Fsp3) is 0.250. The number of aliphatic hydroxyl groups excluding tert-OH is 1. The third-order valence-electron chi connectivity index (χ3n) is 1.00. The zero-order chi connectivity index (χ0) is 9.56. The Morgan fingerprint density at radius 1 is 0.867 bits per heavy atom. The molecule has 15 heavy (non-hydrogen) atoms. The topological polar surface area (TPSA) is 98.3 Å². The molecule has 1 aromatic carbocycles. The van der Waals surface area contributed by atoms with Crippen LogP contribution in [-0.4, -0.2) is 11.7 Å². The second kappa shape index (κ2) is 13.4. The van der Waals surface area contributed by atoms with Gasteiger partial charge in [0.2, 0.25) is 0 Å². The molecule has 0 atom stereocenters. The minimum absolute atomic E-state index is 0. The van der Waals surface area contributed by atoms with Crippen LogP contribution in [0.1, 0.15) is 6.92 Å². The summed E-state index contributed by atoms with van der Waals surface area (Å²) < 4.78 is 0. The van der Waals surface area contributed by atoms with E-state index in [-0.39, 0.29) is 43.8 Å². The summed E-state index contributed by atoms with van der Waals surface area (Å²) in [6.45, 7) is 1.93. The van der Waals surface area contributed by atoms with Crippen LogP contribution < -0.4 is 17.2 Å². The Kier molecular flexibility index (Phi) is 21.5. The molecule has 0 radical (unpaired) electrons. The van der Waals surface area contributed by atoms with Crippen molar-refractivity contribution < 1.29 is 5.11 Å². The standard InChI is InChI=1S/C6H9N3.C2H6O.3ClH/c7-4-1-5(8)3-6(9)2-4;1-2-3;;;/h1-3H,7-9H2;3H,2H2,1H3;3*1H. The van der Waals surface area contributed by atoms with Crippen molar-refractivity contribution in [1.82, 2.24) is 0 Å². The largest absolute Gasteiger partial charge is 0.399 e. The summed E-state index contributed by atoms with van der Waals surface area (Å²) in [7, 11) is 0. The van der Waals surface area contributed by atoms with Crippen molar-refractivity contribution in [1.29, 1.82) is 0 Å². The highest BCUT2D eigenvalue weighted by Gasteiger charge is 1.89. The third-order valence-corrected chi connectivity index (χ3v) is 1.00. The van der Waals surface area contributed by atoms with Gasteiger partial charge in [0.15, 0.2) is 0 Å². The Hall–Kier alpha value is -0.550. The summed E-state index contributed by atoms with van der Waals surface area (Å²) in [5, 5.41) is 7.57. The molecule has 0 aliphatic carbocycles. The SMILES string of the molecule is CCO.Cl.Cl.Cl.Nc1cc(N)cc(N)c1. The van der Waals surface area contributed by atoms with E-state index in [4.69, 9.17) is 22.3 Å². The molecule has 0 heterocycles. The van der Waals surface area contributed by atoms with Gasteiger partial charge >= 0.3 is 0 Å². The van der Waals surface area contributed by atoms with Crippen molar-refractivity contribution >= 4 is 54.3 Å². The van der Waals surface area contributed by atoms with Gasteiger partial charge in [0.25, 0.3) is 0 Å². The maximum atomic E-state index is 7.57. The van der Waals surface area contributed by atoms with E-state index in [2.05, 4.69) is 0 Å². The summed E-state index contributed by atoms with van der Waals surface area (Å²) in [6.07, 6.45) is 0. The van der Waals surface area contributed by atoms with Gasteiger partial charge in [0.1, 0.15) is 0 Å². The molecule has 7 heteroatoms. The molecule has 0 saturated carbocycles. The van der Waals surface area contributed by atoms with Crippen LogP contribution in [0, 0.1) is 0 Å². The van der Waals surface area contributed by atoms with Crippen molar-refractivity contribution in [3.05, 3.63) is 18.2 Å². The number of nitrogen functional groups attached to an aromatic ring is 3. The molecule has 1 rings (SSSR count). The molecule has 0 aliphatic rings. The average molecular weight is 279 g/mol. The quantitative estimate of drug-likeness (QED) is 0.543. The maximum absolute atomic E-state index is 7.57. The number of hydrogen-bond donors (Lipinski definition) is 4. The molecule has 4 nitrogen and oxygen atoms in total.